The van der Waals surface area contributed by atoms with Gasteiger partial charge in [-0.2, -0.15) is 0 Å². The topological polar surface area (TPSA) is 119 Å². The smallest absolute Gasteiger partial charge is 0.433 e. The molecule has 12 heteroatoms. The summed E-state index contributed by atoms with van der Waals surface area (Å²) in [5, 5.41) is 6.87. The van der Waals surface area contributed by atoms with Crippen molar-refractivity contribution in [2.75, 3.05) is 30.3 Å². The summed E-state index contributed by atoms with van der Waals surface area (Å²) in [6.45, 7) is 1.48. The molecule has 0 bridgehead atoms. The Bertz CT molecular complexity index is 1400. The Hall–Kier alpha value is -4.22. The third-order valence-corrected chi connectivity index (χ3v) is 6.10. The Morgan fingerprint density at radius 3 is 2.32 bits per heavy atom. The van der Waals surface area contributed by atoms with Crippen molar-refractivity contribution in [2.45, 2.75) is 6.92 Å². The maximum atomic E-state index is 14.9. The highest BCUT2D eigenvalue weighted by Gasteiger charge is 2.44. The van der Waals surface area contributed by atoms with Gasteiger partial charge in [0.25, 0.3) is 5.56 Å². The van der Waals surface area contributed by atoms with Crippen LogP contribution in [-0.2, 0) is 19.2 Å². The van der Waals surface area contributed by atoms with Crippen LogP contribution in [0.5, 0.6) is 0 Å². The average Bonchev–Trinajstić information content (AvgIpc) is 3.31. The summed E-state index contributed by atoms with van der Waals surface area (Å²) in [4.78, 5) is 55.3. The lowest BCUT2D eigenvalue weighted by Gasteiger charge is -2.18. The highest BCUT2D eigenvalue weighted by Crippen LogP contribution is 2.28. The van der Waals surface area contributed by atoms with Gasteiger partial charge in [0.1, 0.15) is 5.82 Å². The molecule has 2 amide bonds. The first-order chi connectivity index (χ1) is 18.2. The number of hydroxylamine groups is 2. The number of hydrogen-bond acceptors (Lipinski definition) is 7. The Morgan fingerprint density at radius 2 is 1.68 bits per heavy atom. The van der Waals surface area contributed by atoms with E-state index in [4.69, 9.17) is 21.2 Å². The lowest BCUT2D eigenvalue weighted by atomic mass is 9.94. The maximum absolute atomic E-state index is 14.9. The number of aromatic nitrogens is 1. The summed E-state index contributed by atoms with van der Waals surface area (Å²) in [7, 11) is 0. The second-order valence-electron chi connectivity index (χ2n) is 8.39. The molecule has 2 aromatic carbocycles. The fourth-order valence-corrected chi connectivity index (χ4v) is 4.14. The second kappa shape index (κ2) is 11.9. The normalized spacial score (nSPS) is 17.0. The number of amides is 2. The minimum absolute atomic E-state index is 0.0848. The van der Waals surface area contributed by atoms with Crippen LogP contribution in [0.25, 0.3) is 5.69 Å². The van der Waals surface area contributed by atoms with E-state index in [9.17, 15) is 23.6 Å². The van der Waals surface area contributed by atoms with Crippen LogP contribution in [0, 0.1) is 17.7 Å². The molecule has 1 fully saturated rings. The number of hydrogen-bond donors (Lipinski definition) is 2. The standard InChI is InChI=1S/C26H24ClFN4O6/c1-2-37-26(36)38-31-14-19(24(34)29-17-8-6-16(27)7-9-17)20(15-31)25(35)30-22-11-10-18(13-21(22)28)32-12-4-3-5-23(32)33/h3-13,19-20H,2,14-15H2,1H3,(H,29,34)(H,30,35)/t19-,20-/m0/s1. The molecule has 1 saturated heterocycles. The number of benzene rings is 2. The molecule has 1 aliphatic heterocycles. The molecule has 0 saturated carbocycles. The van der Waals surface area contributed by atoms with E-state index in [1.165, 1.54) is 29.0 Å². The van der Waals surface area contributed by atoms with Gasteiger partial charge < -0.3 is 20.2 Å². The number of ether oxygens (including phenoxy) is 1. The molecule has 0 radical (unpaired) electrons. The van der Waals surface area contributed by atoms with Gasteiger partial charge in [-0.25, -0.2) is 9.18 Å². The Kier molecular flexibility index (Phi) is 8.39. The van der Waals surface area contributed by atoms with Crippen molar-refractivity contribution in [1.82, 2.24) is 9.63 Å². The number of halogens is 2. The van der Waals surface area contributed by atoms with Gasteiger partial charge in [-0.15, -0.1) is 5.06 Å². The lowest BCUT2D eigenvalue weighted by molar-refractivity contribution is -0.127. The summed E-state index contributed by atoms with van der Waals surface area (Å²) in [6, 6.07) is 14.9. The first kappa shape index (κ1) is 26.8. The van der Waals surface area contributed by atoms with Gasteiger partial charge in [-0.1, -0.05) is 17.7 Å². The molecule has 0 unspecified atom stereocenters. The van der Waals surface area contributed by atoms with Crippen molar-refractivity contribution in [1.29, 1.82) is 0 Å². The zero-order valence-electron chi connectivity index (χ0n) is 20.2. The molecule has 1 aromatic heterocycles. The molecule has 2 heterocycles. The average molecular weight is 543 g/mol. The summed E-state index contributed by atoms with van der Waals surface area (Å²) in [5.41, 5.74) is 0.262. The van der Waals surface area contributed by atoms with E-state index in [1.54, 1.807) is 43.3 Å². The van der Waals surface area contributed by atoms with Crippen LogP contribution in [0.2, 0.25) is 5.02 Å². The molecule has 0 spiro atoms. The highest BCUT2D eigenvalue weighted by atomic mass is 35.5. The van der Waals surface area contributed by atoms with Crippen LogP contribution in [0.3, 0.4) is 0 Å². The fourth-order valence-electron chi connectivity index (χ4n) is 4.01. The van der Waals surface area contributed by atoms with Crippen molar-refractivity contribution < 1.29 is 28.3 Å². The third-order valence-electron chi connectivity index (χ3n) is 5.85. The molecule has 1 aliphatic rings. The van der Waals surface area contributed by atoms with Crippen LogP contribution < -0.4 is 16.2 Å². The van der Waals surface area contributed by atoms with Gasteiger partial charge in [0, 0.05) is 42.1 Å². The zero-order valence-corrected chi connectivity index (χ0v) is 21.0. The fraction of sp³-hybridized carbons (Fsp3) is 0.231. The summed E-state index contributed by atoms with van der Waals surface area (Å²) < 4.78 is 20.9. The number of nitrogens with one attached hydrogen (secondary N) is 2. The predicted molar refractivity (Wildman–Crippen MR) is 137 cm³/mol. The largest absolute Gasteiger partial charge is 0.527 e. The Balaban J connectivity index is 1.52. The van der Waals surface area contributed by atoms with Crippen molar-refractivity contribution in [2.24, 2.45) is 11.8 Å². The number of rotatable bonds is 7. The van der Waals surface area contributed by atoms with E-state index >= 15 is 0 Å². The van der Waals surface area contributed by atoms with Crippen molar-refractivity contribution in [3.8, 4) is 5.69 Å². The van der Waals surface area contributed by atoms with Gasteiger partial charge >= 0.3 is 6.16 Å². The van der Waals surface area contributed by atoms with Gasteiger partial charge in [-0.3, -0.25) is 19.0 Å². The van der Waals surface area contributed by atoms with Crippen LogP contribution in [0.15, 0.2) is 71.7 Å². The van der Waals surface area contributed by atoms with Gasteiger partial charge in [0.2, 0.25) is 11.8 Å². The SMILES string of the molecule is CCOC(=O)ON1C[C@H](C(=O)Nc2ccc(Cl)cc2)[C@@H](C(=O)Nc2ccc(-n3ccccc3=O)cc2F)C1. The lowest BCUT2D eigenvalue weighted by Crippen LogP contribution is -2.35. The molecule has 10 nitrogen and oxygen atoms in total. The van der Waals surface area contributed by atoms with E-state index in [0.717, 1.165) is 11.1 Å². The van der Waals surface area contributed by atoms with Crippen LogP contribution >= 0.6 is 11.6 Å². The number of pyridine rings is 1. The molecular formula is C26H24ClFN4O6. The summed E-state index contributed by atoms with van der Waals surface area (Å²) in [5.74, 6) is -3.86. The van der Waals surface area contributed by atoms with E-state index in [-0.39, 0.29) is 36.6 Å². The maximum Gasteiger partial charge on any atom is 0.527 e. The summed E-state index contributed by atoms with van der Waals surface area (Å²) in [6.07, 6.45) is 0.527. The number of anilines is 2. The number of carbonyl (C=O) groups is 3. The van der Waals surface area contributed by atoms with Gasteiger partial charge in [0.05, 0.1) is 29.8 Å². The molecule has 2 N–H and O–H groups in total. The van der Waals surface area contributed by atoms with E-state index in [0.29, 0.717) is 10.7 Å². The van der Waals surface area contributed by atoms with Crippen molar-refractivity contribution >= 4 is 40.9 Å². The number of carbonyl (C=O) groups excluding carboxylic acids is 3. The molecule has 3 aromatic rings. The van der Waals surface area contributed by atoms with Gasteiger partial charge in [-0.05, 0) is 49.4 Å². The van der Waals surface area contributed by atoms with Crippen LogP contribution in [-0.4, -0.2) is 47.3 Å². The van der Waals surface area contributed by atoms with E-state index < -0.39 is 35.6 Å². The van der Waals surface area contributed by atoms with Crippen LogP contribution in [0.1, 0.15) is 6.92 Å². The predicted octanol–water partition coefficient (Wildman–Crippen LogP) is 3.84. The van der Waals surface area contributed by atoms with Crippen molar-refractivity contribution in [3.63, 3.8) is 0 Å². The van der Waals surface area contributed by atoms with E-state index in [2.05, 4.69) is 10.6 Å². The first-order valence-electron chi connectivity index (χ1n) is 11.7. The molecule has 38 heavy (non-hydrogen) atoms. The Morgan fingerprint density at radius 1 is 1.00 bits per heavy atom. The third kappa shape index (κ3) is 6.36. The number of nitrogens with zero attached hydrogens (tertiary/aromatic N) is 2. The Labute approximate surface area is 221 Å². The molecule has 4 rings (SSSR count). The zero-order chi connectivity index (χ0) is 27.2. The van der Waals surface area contributed by atoms with Crippen LogP contribution in [0.4, 0.5) is 20.6 Å². The second-order valence-corrected chi connectivity index (χ2v) is 8.83. The molecule has 2 atom stereocenters. The minimum Gasteiger partial charge on any atom is -0.433 e. The van der Waals surface area contributed by atoms with Crippen molar-refractivity contribution in [3.05, 3.63) is 88.1 Å². The highest BCUT2D eigenvalue weighted by molar-refractivity contribution is 6.30. The summed E-state index contributed by atoms with van der Waals surface area (Å²) >= 11 is 5.90. The van der Waals surface area contributed by atoms with E-state index in [1.807, 2.05) is 0 Å². The first-order valence-corrected chi connectivity index (χ1v) is 12.1. The molecule has 0 aliphatic carbocycles. The molecule has 198 valence electrons. The quantitative estimate of drug-likeness (QED) is 0.435. The minimum atomic E-state index is -0.993. The van der Waals surface area contributed by atoms with Gasteiger partial charge in [0.15, 0.2) is 0 Å². The monoisotopic (exact) mass is 542 g/mol. The molecular weight excluding hydrogens is 519 g/mol.